The molecule has 0 aliphatic carbocycles. The van der Waals surface area contributed by atoms with Gasteiger partial charge in [0.05, 0.1) is 27.7 Å². The highest BCUT2D eigenvalue weighted by atomic mass is 31.2. The number of hydrogen-bond acceptors (Lipinski definition) is 8. The quantitative estimate of drug-likeness (QED) is 0.0195. The van der Waals surface area contributed by atoms with E-state index in [1.807, 2.05) is 21.1 Å². The molecule has 0 aromatic rings. The van der Waals surface area contributed by atoms with Crippen LogP contribution in [0.1, 0.15) is 271 Å². The van der Waals surface area contributed by atoms with Gasteiger partial charge >= 0.3 is 11.9 Å². The van der Waals surface area contributed by atoms with Crippen molar-refractivity contribution in [3.05, 3.63) is 36.5 Å². The molecule has 0 N–H and O–H groups in total. The molecular weight excluding hydrogens is 870 g/mol. The fourth-order valence-corrected chi connectivity index (χ4v) is 8.92. The first kappa shape index (κ1) is 66.2. The Morgan fingerprint density at radius 3 is 1.18 bits per heavy atom. The Morgan fingerprint density at radius 1 is 0.456 bits per heavy atom. The highest BCUT2D eigenvalue weighted by Gasteiger charge is 2.22. The molecule has 2 unspecified atom stereocenters. The number of carbonyl (C=O) groups excluding carboxylic acids is 2. The van der Waals surface area contributed by atoms with Crippen LogP contribution in [0.3, 0.4) is 0 Å². The third-order valence-electron chi connectivity index (χ3n) is 12.7. The molecule has 9 nitrogen and oxygen atoms in total. The van der Waals surface area contributed by atoms with Gasteiger partial charge in [0.1, 0.15) is 19.8 Å². The van der Waals surface area contributed by atoms with Gasteiger partial charge in [0.25, 0.3) is 7.82 Å². The van der Waals surface area contributed by atoms with Gasteiger partial charge < -0.3 is 27.9 Å². The smallest absolute Gasteiger partial charge is 0.306 e. The topological polar surface area (TPSA) is 111 Å². The lowest BCUT2D eigenvalue weighted by molar-refractivity contribution is -0.870. The average Bonchev–Trinajstić information content (AvgIpc) is 3.30. The summed E-state index contributed by atoms with van der Waals surface area (Å²) in [5, 5.41) is 0. The van der Waals surface area contributed by atoms with E-state index in [4.69, 9.17) is 18.5 Å². The number of rotatable bonds is 53. The second kappa shape index (κ2) is 50.2. The third kappa shape index (κ3) is 53.6. The van der Waals surface area contributed by atoms with Crippen LogP contribution in [0.4, 0.5) is 0 Å². The van der Waals surface area contributed by atoms with Crippen LogP contribution in [0.15, 0.2) is 36.5 Å². The van der Waals surface area contributed by atoms with E-state index < -0.39 is 26.5 Å². The van der Waals surface area contributed by atoms with Crippen LogP contribution in [0, 0.1) is 0 Å². The van der Waals surface area contributed by atoms with Crippen molar-refractivity contribution in [1.82, 2.24) is 0 Å². The first-order chi connectivity index (χ1) is 33.0. The Balaban J connectivity index is 4.14. The summed E-state index contributed by atoms with van der Waals surface area (Å²) >= 11 is 0. The van der Waals surface area contributed by atoms with Gasteiger partial charge in [-0.05, 0) is 51.4 Å². The average molecular weight is 980 g/mol. The molecule has 0 radical (unpaired) electrons. The van der Waals surface area contributed by atoms with Crippen LogP contribution < -0.4 is 4.89 Å². The molecule has 2 atom stereocenters. The molecule has 0 saturated heterocycles. The molecule has 0 spiro atoms. The zero-order valence-corrected chi connectivity index (χ0v) is 46.2. The van der Waals surface area contributed by atoms with Gasteiger partial charge in [-0.2, -0.15) is 0 Å². The summed E-state index contributed by atoms with van der Waals surface area (Å²) in [6, 6.07) is 0. The molecule has 68 heavy (non-hydrogen) atoms. The van der Waals surface area contributed by atoms with E-state index >= 15 is 0 Å². The fraction of sp³-hybridized carbons (Fsp3) is 0.862. The second-order valence-electron chi connectivity index (χ2n) is 20.7. The Hall–Kier alpha value is -1.77. The molecule has 0 saturated carbocycles. The zero-order valence-electron chi connectivity index (χ0n) is 45.3. The summed E-state index contributed by atoms with van der Waals surface area (Å²) in [6.07, 6.45) is 60.4. The predicted molar refractivity (Wildman–Crippen MR) is 287 cm³/mol. The number of quaternary nitrogens is 1. The SMILES string of the molecule is CCCCCCC/C=C\C/C=C\C/C=C\CCCCCCCCCCCCCCC(=O)OC(COC(=O)CCCCCCCCCCCCCCCCCCC)COP(=O)([O-])OCC[N+](C)(C)C. The summed E-state index contributed by atoms with van der Waals surface area (Å²) in [6.45, 7) is 4.26. The van der Waals surface area contributed by atoms with Gasteiger partial charge in [0.2, 0.25) is 0 Å². The van der Waals surface area contributed by atoms with E-state index in [9.17, 15) is 19.0 Å². The standard InChI is InChI=1S/C58H110NO8P/c1-6-8-10-12-14-16-18-20-22-24-25-26-27-28-29-30-31-32-33-35-37-39-41-43-45-47-49-51-58(61)67-56(55-66-68(62,63)65-53-52-59(3,4)5)54-64-57(60)50-48-46-44-42-40-38-36-34-23-21-19-17-15-13-11-9-7-2/h18,20,24-25,27-28,56H,6-17,19,21-23,26,29-55H2,1-5H3/b20-18-,25-24-,28-27-. The van der Waals surface area contributed by atoms with Crippen molar-refractivity contribution in [2.45, 2.75) is 277 Å². The fourth-order valence-electron chi connectivity index (χ4n) is 8.19. The predicted octanol–water partition coefficient (Wildman–Crippen LogP) is 17.0. The van der Waals surface area contributed by atoms with Gasteiger partial charge in [0, 0.05) is 12.8 Å². The van der Waals surface area contributed by atoms with Crippen LogP contribution in [0.5, 0.6) is 0 Å². The van der Waals surface area contributed by atoms with Crippen molar-refractivity contribution in [2.24, 2.45) is 0 Å². The first-order valence-corrected chi connectivity index (χ1v) is 30.2. The second-order valence-corrected chi connectivity index (χ2v) is 22.1. The van der Waals surface area contributed by atoms with E-state index in [2.05, 4.69) is 50.3 Å². The van der Waals surface area contributed by atoms with Gasteiger partial charge in [0.15, 0.2) is 6.10 Å². The Kier molecular flexibility index (Phi) is 48.9. The maximum absolute atomic E-state index is 12.8. The lowest BCUT2D eigenvalue weighted by Crippen LogP contribution is -2.37. The molecular formula is C58H110NO8P. The largest absolute Gasteiger partial charge is 0.756 e. The molecule has 0 aliphatic heterocycles. The number of unbranched alkanes of at least 4 members (excludes halogenated alkanes) is 33. The lowest BCUT2D eigenvalue weighted by atomic mass is 10.0. The monoisotopic (exact) mass is 980 g/mol. The molecule has 0 fully saturated rings. The number of ether oxygens (including phenoxy) is 2. The van der Waals surface area contributed by atoms with Crippen LogP contribution in [0.2, 0.25) is 0 Å². The third-order valence-corrected chi connectivity index (χ3v) is 13.6. The van der Waals surface area contributed by atoms with Crippen molar-refractivity contribution in [3.63, 3.8) is 0 Å². The summed E-state index contributed by atoms with van der Waals surface area (Å²) < 4.78 is 34.1. The number of hydrogen-bond donors (Lipinski definition) is 0. The van der Waals surface area contributed by atoms with Gasteiger partial charge in [-0.25, -0.2) is 0 Å². The molecule has 0 aromatic carbocycles. The highest BCUT2D eigenvalue weighted by molar-refractivity contribution is 7.45. The minimum atomic E-state index is -4.63. The number of likely N-dealkylation sites (N-methyl/N-ethyl adjacent to an activating group) is 1. The highest BCUT2D eigenvalue weighted by Crippen LogP contribution is 2.38. The van der Waals surface area contributed by atoms with Gasteiger partial charge in [-0.15, -0.1) is 0 Å². The Labute approximate surface area is 421 Å². The molecule has 0 amide bonds. The van der Waals surface area contributed by atoms with Crippen molar-refractivity contribution in [2.75, 3.05) is 47.5 Å². The van der Waals surface area contributed by atoms with Crippen molar-refractivity contribution in [3.8, 4) is 0 Å². The summed E-state index contributed by atoms with van der Waals surface area (Å²) in [5.41, 5.74) is 0. The molecule has 0 aromatic heterocycles. The van der Waals surface area contributed by atoms with Crippen LogP contribution >= 0.6 is 7.82 Å². The van der Waals surface area contributed by atoms with Crippen molar-refractivity contribution in [1.29, 1.82) is 0 Å². The minimum absolute atomic E-state index is 0.0295. The van der Waals surface area contributed by atoms with Gasteiger partial charge in [-0.1, -0.05) is 243 Å². The van der Waals surface area contributed by atoms with Crippen LogP contribution in [-0.2, 0) is 32.7 Å². The number of nitrogens with zero attached hydrogens (tertiary/aromatic N) is 1. The maximum Gasteiger partial charge on any atom is 0.306 e. The van der Waals surface area contributed by atoms with E-state index in [-0.39, 0.29) is 32.0 Å². The summed E-state index contributed by atoms with van der Waals surface area (Å²) in [5.74, 6) is -0.823. The molecule has 0 rings (SSSR count). The lowest BCUT2D eigenvalue weighted by Gasteiger charge is -2.28. The molecule has 0 heterocycles. The van der Waals surface area contributed by atoms with Crippen molar-refractivity contribution < 1.29 is 42.1 Å². The summed E-state index contributed by atoms with van der Waals surface area (Å²) in [7, 11) is 1.18. The number of esters is 2. The molecule has 10 heteroatoms. The molecule has 400 valence electrons. The van der Waals surface area contributed by atoms with Gasteiger partial charge in [-0.3, -0.25) is 14.2 Å². The van der Waals surface area contributed by atoms with Crippen LogP contribution in [-0.4, -0.2) is 70.0 Å². The number of carbonyl (C=O) groups is 2. The summed E-state index contributed by atoms with van der Waals surface area (Å²) in [4.78, 5) is 37.8. The number of allylic oxidation sites excluding steroid dienone is 6. The Bertz CT molecular complexity index is 1250. The normalized spacial score (nSPS) is 13.6. The number of phosphoric ester groups is 1. The van der Waals surface area contributed by atoms with E-state index in [0.29, 0.717) is 17.4 Å². The van der Waals surface area contributed by atoms with Crippen LogP contribution in [0.25, 0.3) is 0 Å². The Morgan fingerprint density at radius 2 is 0.794 bits per heavy atom. The molecule has 0 bridgehead atoms. The van der Waals surface area contributed by atoms with E-state index in [0.717, 1.165) is 51.4 Å². The maximum atomic E-state index is 12.8. The minimum Gasteiger partial charge on any atom is -0.756 e. The molecule has 0 aliphatic rings. The van der Waals surface area contributed by atoms with Crippen molar-refractivity contribution >= 4 is 19.8 Å². The first-order valence-electron chi connectivity index (χ1n) is 28.7. The van der Waals surface area contributed by atoms with E-state index in [1.165, 1.54) is 186 Å². The van der Waals surface area contributed by atoms with E-state index in [1.54, 1.807) is 0 Å². The number of phosphoric acid groups is 1. The zero-order chi connectivity index (χ0) is 49.9.